The van der Waals surface area contributed by atoms with Crippen molar-refractivity contribution in [1.29, 1.82) is 0 Å². The number of anilines is 2. The first-order chi connectivity index (χ1) is 17.6. The highest BCUT2D eigenvalue weighted by molar-refractivity contribution is 6.30. The number of pyridine rings is 1. The molecule has 1 aliphatic rings. The minimum absolute atomic E-state index is 0.250. The number of β-lactam (4-membered cyclic amide) rings is 1. The molecule has 1 aliphatic heterocycles. The van der Waals surface area contributed by atoms with Gasteiger partial charge in [0.15, 0.2) is 0 Å². The molecule has 0 unspecified atom stereocenters. The van der Waals surface area contributed by atoms with Crippen molar-refractivity contribution in [3.63, 3.8) is 0 Å². The molecule has 2 aromatic heterocycles. The first kappa shape index (κ1) is 26.2. The molecular weight excluding hydrogens is 494 g/mol. The predicted octanol–water partition coefficient (Wildman–Crippen LogP) is 3.29. The number of benzene rings is 1. The summed E-state index contributed by atoms with van der Waals surface area (Å²) in [5, 5.41) is 4.68. The smallest absolute Gasteiger partial charge is 0.327 e. The summed E-state index contributed by atoms with van der Waals surface area (Å²) in [6.07, 6.45) is 3.98. The Morgan fingerprint density at radius 3 is 2.54 bits per heavy atom. The average molecular weight is 524 g/mol. The van der Waals surface area contributed by atoms with Gasteiger partial charge in [-0.05, 0) is 48.2 Å². The summed E-state index contributed by atoms with van der Waals surface area (Å²) >= 11 is 6.18. The molecule has 0 spiro atoms. The molecule has 4 rings (SSSR count). The van der Waals surface area contributed by atoms with E-state index in [1.54, 1.807) is 68.6 Å². The van der Waals surface area contributed by atoms with E-state index in [0.717, 1.165) is 16.0 Å². The average Bonchev–Trinajstić information content (AvgIpc) is 3.30. The second kappa shape index (κ2) is 10.6. The van der Waals surface area contributed by atoms with Crippen LogP contribution in [0.3, 0.4) is 0 Å². The number of aryl methyl sites for hydroxylation is 1. The number of nitrogens with zero attached hydrogens (tertiary/aromatic N) is 6. The minimum Gasteiger partial charge on any atom is -0.384 e. The number of rotatable bonds is 7. The fourth-order valence-corrected chi connectivity index (χ4v) is 5.07. The van der Waals surface area contributed by atoms with Gasteiger partial charge in [0.1, 0.15) is 17.7 Å². The lowest BCUT2D eigenvalue weighted by Gasteiger charge is -2.47. The zero-order valence-corrected chi connectivity index (χ0v) is 22.0. The number of aromatic nitrogens is 3. The van der Waals surface area contributed by atoms with Crippen molar-refractivity contribution in [2.45, 2.75) is 31.8 Å². The Bertz CT molecular complexity index is 1330. The zero-order valence-electron chi connectivity index (χ0n) is 21.2. The third-order valence-electron chi connectivity index (χ3n) is 6.83. The molecule has 3 atom stereocenters. The molecule has 1 saturated heterocycles. The normalized spacial score (nSPS) is 17.8. The summed E-state index contributed by atoms with van der Waals surface area (Å²) in [6.45, 7) is 1.95. The van der Waals surface area contributed by atoms with Crippen LogP contribution in [-0.4, -0.2) is 62.5 Å². The number of imide groups is 1. The van der Waals surface area contributed by atoms with Crippen LogP contribution in [0.1, 0.15) is 30.5 Å². The van der Waals surface area contributed by atoms with Gasteiger partial charge in [0.05, 0.1) is 18.2 Å². The van der Waals surface area contributed by atoms with Crippen molar-refractivity contribution < 1.29 is 14.4 Å². The van der Waals surface area contributed by atoms with E-state index in [0.29, 0.717) is 23.1 Å². The van der Waals surface area contributed by atoms with Gasteiger partial charge in [-0.3, -0.25) is 24.1 Å². The number of likely N-dealkylation sites (tertiary alicyclic amines) is 1. The van der Waals surface area contributed by atoms with Gasteiger partial charge in [0, 0.05) is 38.4 Å². The monoisotopic (exact) mass is 523 g/mol. The van der Waals surface area contributed by atoms with E-state index in [1.807, 2.05) is 19.1 Å². The number of nitrogen functional groups attached to an aromatic ring is 1. The van der Waals surface area contributed by atoms with E-state index < -0.39 is 23.9 Å². The molecule has 1 aromatic carbocycles. The van der Waals surface area contributed by atoms with Crippen molar-refractivity contribution in [3.05, 3.63) is 71.0 Å². The third kappa shape index (κ3) is 5.01. The van der Waals surface area contributed by atoms with E-state index in [9.17, 15) is 14.4 Å². The molecule has 37 heavy (non-hydrogen) atoms. The molecule has 0 aliphatic carbocycles. The third-order valence-corrected chi connectivity index (χ3v) is 7.07. The summed E-state index contributed by atoms with van der Waals surface area (Å²) in [5.74, 6) is -0.659. The van der Waals surface area contributed by atoms with Crippen molar-refractivity contribution in [2.75, 3.05) is 24.7 Å². The molecule has 0 bridgehead atoms. The molecule has 3 aromatic rings. The van der Waals surface area contributed by atoms with Crippen LogP contribution < -0.4 is 10.6 Å². The second-order valence-corrected chi connectivity index (χ2v) is 9.57. The molecular formula is C26H30ClN7O3. The zero-order chi connectivity index (χ0) is 26.9. The predicted molar refractivity (Wildman–Crippen MR) is 141 cm³/mol. The number of amides is 4. The molecule has 194 valence electrons. The van der Waals surface area contributed by atoms with Crippen LogP contribution in [-0.2, 0) is 23.1 Å². The SMILES string of the molecule is CC[C@H](c1cccc(Cl)c1)N(C)C(=O)N1C(=O)[C@H](Cc2ccnc(N)c2)[C@H]1C(=O)N(C)c1ccnn1C. The summed E-state index contributed by atoms with van der Waals surface area (Å²) in [6, 6.07) is 10.5. The van der Waals surface area contributed by atoms with Crippen LogP contribution in [0.5, 0.6) is 0 Å². The molecule has 4 amide bonds. The number of likely N-dealkylation sites (N-methyl/N-ethyl adjacent to an activating group) is 1. The Morgan fingerprint density at radius 2 is 1.92 bits per heavy atom. The van der Waals surface area contributed by atoms with E-state index in [1.165, 1.54) is 9.80 Å². The highest BCUT2D eigenvalue weighted by atomic mass is 35.5. The highest BCUT2D eigenvalue weighted by Crippen LogP contribution is 2.35. The van der Waals surface area contributed by atoms with Crippen molar-refractivity contribution in [2.24, 2.45) is 13.0 Å². The quantitative estimate of drug-likeness (QED) is 0.475. The lowest BCUT2D eigenvalue weighted by molar-refractivity contribution is -0.157. The van der Waals surface area contributed by atoms with Crippen molar-refractivity contribution >= 4 is 41.1 Å². The Morgan fingerprint density at radius 1 is 1.16 bits per heavy atom. The molecule has 3 heterocycles. The lowest BCUT2D eigenvalue weighted by Crippen LogP contribution is -2.70. The van der Waals surface area contributed by atoms with Gasteiger partial charge >= 0.3 is 6.03 Å². The summed E-state index contributed by atoms with van der Waals surface area (Å²) in [5.41, 5.74) is 7.43. The topological polar surface area (TPSA) is 118 Å². The largest absolute Gasteiger partial charge is 0.384 e. The van der Waals surface area contributed by atoms with E-state index in [4.69, 9.17) is 17.3 Å². The van der Waals surface area contributed by atoms with Gasteiger partial charge < -0.3 is 10.6 Å². The van der Waals surface area contributed by atoms with Crippen molar-refractivity contribution in [3.8, 4) is 0 Å². The molecule has 11 heteroatoms. The number of halogens is 1. The lowest BCUT2D eigenvalue weighted by atomic mass is 9.81. The van der Waals surface area contributed by atoms with Crippen LogP contribution in [0.2, 0.25) is 5.02 Å². The number of hydrogen-bond donors (Lipinski definition) is 1. The van der Waals surface area contributed by atoms with E-state index in [-0.39, 0.29) is 18.4 Å². The van der Waals surface area contributed by atoms with Gasteiger partial charge in [-0.25, -0.2) is 9.78 Å². The van der Waals surface area contributed by atoms with E-state index >= 15 is 0 Å². The Hall–Kier alpha value is -3.92. The molecule has 10 nitrogen and oxygen atoms in total. The van der Waals surface area contributed by atoms with Gasteiger partial charge in [-0.1, -0.05) is 30.7 Å². The molecule has 0 saturated carbocycles. The van der Waals surface area contributed by atoms with Crippen LogP contribution in [0, 0.1) is 5.92 Å². The second-order valence-electron chi connectivity index (χ2n) is 9.14. The molecule has 2 N–H and O–H groups in total. The van der Waals surface area contributed by atoms with Gasteiger partial charge in [-0.2, -0.15) is 5.10 Å². The Kier molecular flexibility index (Phi) is 7.49. The van der Waals surface area contributed by atoms with Crippen LogP contribution in [0.15, 0.2) is 54.9 Å². The molecule has 0 radical (unpaired) electrons. The Balaban J connectivity index is 1.65. The van der Waals surface area contributed by atoms with Crippen LogP contribution in [0.25, 0.3) is 0 Å². The van der Waals surface area contributed by atoms with Gasteiger partial charge in [-0.15, -0.1) is 0 Å². The first-order valence-corrected chi connectivity index (χ1v) is 12.3. The minimum atomic E-state index is -0.992. The summed E-state index contributed by atoms with van der Waals surface area (Å²) in [4.78, 5) is 48.9. The number of hydrogen-bond acceptors (Lipinski definition) is 6. The summed E-state index contributed by atoms with van der Waals surface area (Å²) < 4.78 is 1.56. The maximum Gasteiger partial charge on any atom is 0.327 e. The Labute approximate surface area is 220 Å². The molecule has 1 fully saturated rings. The fourth-order valence-electron chi connectivity index (χ4n) is 4.88. The van der Waals surface area contributed by atoms with Crippen molar-refractivity contribution in [1.82, 2.24) is 24.6 Å². The number of carbonyl (C=O) groups excluding carboxylic acids is 3. The first-order valence-electron chi connectivity index (χ1n) is 11.9. The number of carbonyl (C=O) groups is 3. The summed E-state index contributed by atoms with van der Waals surface area (Å²) in [7, 11) is 4.96. The van der Waals surface area contributed by atoms with Crippen LogP contribution >= 0.6 is 11.6 Å². The fraction of sp³-hybridized carbons (Fsp3) is 0.346. The van der Waals surface area contributed by atoms with Crippen LogP contribution in [0.4, 0.5) is 16.4 Å². The van der Waals surface area contributed by atoms with Gasteiger partial charge in [0.25, 0.3) is 5.91 Å². The number of urea groups is 1. The number of nitrogens with two attached hydrogens (primary N) is 1. The van der Waals surface area contributed by atoms with E-state index in [2.05, 4.69) is 10.1 Å². The standard InChI is InChI=1S/C26H30ClN7O3/c1-5-20(17-7-6-8-18(27)15-17)31(2)26(37)34-23(25(36)32(3)22-10-12-30-33(22)4)19(24(34)35)13-16-9-11-29-21(28)14-16/h6-12,14-15,19-20,23H,5,13H2,1-4H3,(H2,28,29)/t19-,20-,23+/m1/s1. The maximum atomic E-state index is 13.7. The maximum absolute atomic E-state index is 13.7. The van der Waals surface area contributed by atoms with Gasteiger partial charge in [0.2, 0.25) is 5.91 Å². The highest BCUT2D eigenvalue weighted by Gasteiger charge is 2.56.